The number of aromatic amines is 1. The van der Waals surface area contributed by atoms with E-state index in [4.69, 9.17) is 4.74 Å². The van der Waals surface area contributed by atoms with Crippen LogP contribution >= 0.6 is 0 Å². The number of benzene rings is 1. The minimum absolute atomic E-state index is 0.0576. The lowest BCUT2D eigenvalue weighted by Crippen LogP contribution is -2.34. The number of hydrogen-bond acceptors (Lipinski definition) is 5. The summed E-state index contributed by atoms with van der Waals surface area (Å²) in [6.07, 6.45) is 5.79. The molecule has 122 valence electrons. The zero-order valence-electron chi connectivity index (χ0n) is 13.1. The topological polar surface area (TPSA) is 84.3 Å². The van der Waals surface area contributed by atoms with Crippen LogP contribution in [0.5, 0.6) is 5.75 Å². The first kappa shape index (κ1) is 15.3. The average molecular weight is 316 g/mol. The van der Waals surface area contributed by atoms with Crippen LogP contribution in [0.2, 0.25) is 0 Å². The van der Waals surface area contributed by atoms with Crippen molar-refractivity contribution in [1.29, 1.82) is 0 Å². The van der Waals surface area contributed by atoms with Gasteiger partial charge >= 0.3 is 5.69 Å². The lowest BCUT2D eigenvalue weighted by molar-refractivity contribution is -0.385. The van der Waals surface area contributed by atoms with Crippen LogP contribution in [0.15, 0.2) is 30.6 Å². The van der Waals surface area contributed by atoms with Crippen molar-refractivity contribution in [1.82, 2.24) is 10.2 Å². The van der Waals surface area contributed by atoms with Gasteiger partial charge in [0.25, 0.3) is 0 Å². The number of hydrogen-bond donors (Lipinski definition) is 1. The third-order valence-corrected chi connectivity index (χ3v) is 4.21. The van der Waals surface area contributed by atoms with E-state index in [9.17, 15) is 10.1 Å². The highest BCUT2D eigenvalue weighted by Gasteiger charge is 2.29. The molecule has 1 saturated heterocycles. The summed E-state index contributed by atoms with van der Waals surface area (Å²) in [5, 5.41) is 18.4. The van der Waals surface area contributed by atoms with Gasteiger partial charge in [0.1, 0.15) is 5.69 Å². The number of piperidine rings is 1. The van der Waals surface area contributed by atoms with E-state index in [2.05, 4.69) is 15.1 Å². The van der Waals surface area contributed by atoms with Gasteiger partial charge in [-0.1, -0.05) is 6.07 Å². The Balaban J connectivity index is 1.91. The first-order valence-electron chi connectivity index (χ1n) is 7.84. The standard InChI is InChI=1S/C16H20N4O3/c1-2-23-15-7-3-6-14(16(15)20(21)22)19-8-4-5-12(11-19)13-9-17-18-10-13/h3,6-7,9-10,12H,2,4-5,8,11H2,1H3,(H,17,18)/t12-/m1/s1. The van der Waals surface area contributed by atoms with Crippen LogP contribution in [0, 0.1) is 10.1 Å². The summed E-state index contributed by atoms with van der Waals surface area (Å²) in [4.78, 5) is 13.3. The van der Waals surface area contributed by atoms with Crippen LogP contribution < -0.4 is 9.64 Å². The van der Waals surface area contributed by atoms with Gasteiger partial charge in [0.2, 0.25) is 0 Å². The van der Waals surface area contributed by atoms with Gasteiger partial charge in [-0.15, -0.1) is 0 Å². The summed E-state index contributed by atoms with van der Waals surface area (Å²) in [6, 6.07) is 5.27. The van der Waals surface area contributed by atoms with Gasteiger partial charge in [-0.2, -0.15) is 5.10 Å². The van der Waals surface area contributed by atoms with E-state index >= 15 is 0 Å². The molecule has 0 saturated carbocycles. The Morgan fingerprint density at radius 1 is 1.52 bits per heavy atom. The molecule has 1 aliphatic rings. The lowest BCUT2D eigenvalue weighted by Gasteiger charge is -2.33. The molecule has 2 aromatic rings. The third kappa shape index (κ3) is 3.13. The largest absolute Gasteiger partial charge is 0.487 e. The Bertz CT molecular complexity index is 672. The molecule has 7 nitrogen and oxygen atoms in total. The van der Waals surface area contributed by atoms with Crippen LogP contribution in [-0.2, 0) is 0 Å². The number of nitrogens with zero attached hydrogens (tertiary/aromatic N) is 3. The Labute approximate surface area is 134 Å². The van der Waals surface area contributed by atoms with Gasteiger partial charge < -0.3 is 9.64 Å². The van der Waals surface area contributed by atoms with Crippen molar-refractivity contribution < 1.29 is 9.66 Å². The van der Waals surface area contributed by atoms with E-state index in [1.54, 1.807) is 12.1 Å². The predicted molar refractivity (Wildman–Crippen MR) is 87.0 cm³/mol. The Kier molecular flexibility index (Phi) is 4.45. The maximum Gasteiger partial charge on any atom is 0.333 e. The number of nitro benzene ring substituents is 1. The quantitative estimate of drug-likeness (QED) is 0.677. The smallest absolute Gasteiger partial charge is 0.333 e. The van der Waals surface area contributed by atoms with Crippen LogP contribution in [0.4, 0.5) is 11.4 Å². The van der Waals surface area contributed by atoms with E-state index in [-0.39, 0.29) is 10.6 Å². The predicted octanol–water partition coefficient (Wildman–Crippen LogP) is 3.10. The minimum atomic E-state index is -0.345. The summed E-state index contributed by atoms with van der Waals surface area (Å²) >= 11 is 0. The SMILES string of the molecule is CCOc1cccc(N2CCC[C@@H](c3cn[nH]c3)C2)c1[N+](=O)[O-]. The van der Waals surface area contributed by atoms with Crippen LogP contribution in [0.3, 0.4) is 0 Å². The van der Waals surface area contributed by atoms with Crippen molar-refractivity contribution in [2.24, 2.45) is 0 Å². The number of rotatable bonds is 5. The molecular formula is C16H20N4O3. The number of H-pyrrole nitrogens is 1. The number of anilines is 1. The number of nitro groups is 1. The van der Waals surface area contributed by atoms with Crippen LogP contribution in [-0.4, -0.2) is 34.8 Å². The van der Waals surface area contributed by atoms with Gasteiger partial charge in [0, 0.05) is 25.2 Å². The molecule has 1 fully saturated rings. The van der Waals surface area contributed by atoms with E-state index < -0.39 is 0 Å². The van der Waals surface area contributed by atoms with Crippen molar-refractivity contribution in [2.45, 2.75) is 25.7 Å². The van der Waals surface area contributed by atoms with Crippen molar-refractivity contribution in [3.8, 4) is 5.75 Å². The average Bonchev–Trinajstić information content (AvgIpc) is 3.09. The molecule has 0 spiro atoms. The molecule has 7 heteroatoms. The summed E-state index contributed by atoms with van der Waals surface area (Å²) in [7, 11) is 0. The second kappa shape index (κ2) is 6.68. The van der Waals surface area contributed by atoms with Crippen molar-refractivity contribution >= 4 is 11.4 Å². The third-order valence-electron chi connectivity index (χ3n) is 4.21. The molecule has 0 radical (unpaired) electrons. The first-order chi connectivity index (χ1) is 11.2. The van der Waals surface area contributed by atoms with Gasteiger partial charge in [-0.3, -0.25) is 15.2 Å². The number of para-hydroxylation sites is 1. The highest BCUT2D eigenvalue weighted by molar-refractivity contribution is 5.70. The maximum atomic E-state index is 11.6. The Morgan fingerprint density at radius 2 is 2.39 bits per heavy atom. The first-order valence-corrected chi connectivity index (χ1v) is 7.84. The summed E-state index contributed by atoms with van der Waals surface area (Å²) in [5.41, 5.74) is 1.84. The summed E-state index contributed by atoms with van der Waals surface area (Å²) < 4.78 is 5.45. The molecule has 0 amide bonds. The Morgan fingerprint density at radius 3 is 3.09 bits per heavy atom. The van der Waals surface area contributed by atoms with Crippen molar-refractivity contribution in [2.75, 3.05) is 24.6 Å². The van der Waals surface area contributed by atoms with Crippen molar-refractivity contribution in [3.63, 3.8) is 0 Å². The Hall–Kier alpha value is -2.57. The van der Waals surface area contributed by atoms with Crippen LogP contribution in [0.25, 0.3) is 0 Å². The molecule has 3 rings (SSSR count). The van der Waals surface area contributed by atoms with Gasteiger partial charge in [0.15, 0.2) is 5.75 Å². The molecule has 1 aromatic carbocycles. The molecule has 1 aliphatic heterocycles. The second-order valence-corrected chi connectivity index (χ2v) is 5.63. The van der Waals surface area contributed by atoms with E-state index in [1.165, 1.54) is 0 Å². The fourth-order valence-corrected chi connectivity index (χ4v) is 3.17. The van der Waals surface area contributed by atoms with Gasteiger partial charge in [-0.25, -0.2) is 0 Å². The number of nitrogens with one attached hydrogen (secondary N) is 1. The molecule has 2 heterocycles. The monoisotopic (exact) mass is 316 g/mol. The van der Waals surface area contributed by atoms with E-state index in [0.29, 0.717) is 24.0 Å². The molecule has 1 aromatic heterocycles. The van der Waals surface area contributed by atoms with E-state index in [1.807, 2.05) is 25.4 Å². The summed E-state index contributed by atoms with van der Waals surface area (Å²) in [6.45, 7) is 3.79. The molecule has 1 atom stereocenters. The molecule has 0 unspecified atom stereocenters. The number of ether oxygens (including phenoxy) is 1. The van der Waals surface area contributed by atoms with Crippen LogP contribution in [0.1, 0.15) is 31.2 Å². The fourth-order valence-electron chi connectivity index (χ4n) is 3.17. The fraction of sp³-hybridized carbons (Fsp3) is 0.438. The zero-order chi connectivity index (χ0) is 16.2. The van der Waals surface area contributed by atoms with E-state index in [0.717, 1.165) is 31.5 Å². The molecule has 1 N–H and O–H groups in total. The maximum absolute atomic E-state index is 11.6. The van der Waals surface area contributed by atoms with Crippen molar-refractivity contribution in [3.05, 3.63) is 46.3 Å². The number of aromatic nitrogens is 2. The summed E-state index contributed by atoms with van der Waals surface area (Å²) in [5.74, 6) is 0.665. The molecular weight excluding hydrogens is 296 g/mol. The van der Waals surface area contributed by atoms with Gasteiger partial charge in [0.05, 0.1) is 17.7 Å². The molecule has 23 heavy (non-hydrogen) atoms. The minimum Gasteiger partial charge on any atom is -0.487 e. The normalized spacial score (nSPS) is 18.0. The highest BCUT2D eigenvalue weighted by atomic mass is 16.6. The highest BCUT2D eigenvalue weighted by Crippen LogP contribution is 2.39. The van der Waals surface area contributed by atoms with Gasteiger partial charge in [-0.05, 0) is 37.5 Å². The lowest BCUT2D eigenvalue weighted by atomic mass is 9.92. The zero-order valence-corrected chi connectivity index (χ0v) is 13.1. The second-order valence-electron chi connectivity index (χ2n) is 5.63. The molecule has 0 bridgehead atoms. The molecule has 0 aliphatic carbocycles.